The van der Waals surface area contributed by atoms with Crippen LogP contribution in [0.4, 0.5) is 0 Å². The Kier molecular flexibility index (Phi) is 6.36. The molecule has 0 aliphatic heterocycles. The molecule has 1 aromatic carbocycles. The van der Waals surface area contributed by atoms with Crippen molar-refractivity contribution in [1.29, 1.82) is 5.26 Å². The van der Waals surface area contributed by atoms with E-state index < -0.39 is 12.1 Å². The highest BCUT2D eigenvalue weighted by Gasteiger charge is 2.07. The van der Waals surface area contributed by atoms with Gasteiger partial charge in [0, 0.05) is 6.54 Å². The summed E-state index contributed by atoms with van der Waals surface area (Å²) in [7, 11) is 1.30. The van der Waals surface area contributed by atoms with Crippen molar-refractivity contribution in [2.45, 2.75) is 6.10 Å². The van der Waals surface area contributed by atoms with Crippen molar-refractivity contribution < 1.29 is 19.4 Å². The third-order valence-electron chi connectivity index (χ3n) is 2.28. The van der Waals surface area contributed by atoms with Crippen molar-refractivity contribution in [2.24, 2.45) is 0 Å². The Bertz CT molecular complexity index is 456. The third kappa shape index (κ3) is 5.86. The number of methoxy groups -OCH3 is 1. The number of rotatable bonds is 7. The van der Waals surface area contributed by atoms with Crippen LogP contribution in [0.1, 0.15) is 5.56 Å². The molecule has 1 aromatic rings. The van der Waals surface area contributed by atoms with Gasteiger partial charge < -0.3 is 19.9 Å². The summed E-state index contributed by atoms with van der Waals surface area (Å²) in [6, 6.07) is 8.67. The van der Waals surface area contributed by atoms with E-state index in [1.165, 1.54) is 7.11 Å². The average Bonchev–Trinajstić information content (AvgIpc) is 2.45. The SMILES string of the molecule is COC(=O)CNCC(O)COc1cccc(C#N)c1. The molecule has 0 aliphatic carbocycles. The number of carbonyl (C=O) groups excluding carboxylic acids is 1. The van der Waals surface area contributed by atoms with Crippen molar-refractivity contribution >= 4 is 5.97 Å². The van der Waals surface area contributed by atoms with Crippen LogP contribution in [-0.2, 0) is 9.53 Å². The van der Waals surface area contributed by atoms with E-state index in [1.54, 1.807) is 24.3 Å². The lowest BCUT2D eigenvalue weighted by Gasteiger charge is -2.12. The second-order valence-corrected chi connectivity index (χ2v) is 3.81. The highest BCUT2D eigenvalue weighted by molar-refractivity contribution is 5.71. The van der Waals surface area contributed by atoms with E-state index in [0.717, 1.165) is 0 Å². The Balaban J connectivity index is 2.28. The van der Waals surface area contributed by atoms with E-state index in [-0.39, 0.29) is 19.7 Å². The fourth-order valence-corrected chi connectivity index (χ4v) is 1.32. The Hall–Kier alpha value is -2.10. The largest absolute Gasteiger partial charge is 0.491 e. The van der Waals surface area contributed by atoms with Gasteiger partial charge in [-0.25, -0.2) is 0 Å². The number of aliphatic hydroxyl groups is 1. The van der Waals surface area contributed by atoms with Crippen molar-refractivity contribution in [3.63, 3.8) is 0 Å². The molecule has 0 saturated carbocycles. The molecule has 0 heterocycles. The Labute approximate surface area is 111 Å². The topological polar surface area (TPSA) is 91.6 Å². The zero-order valence-electron chi connectivity index (χ0n) is 10.6. The fourth-order valence-electron chi connectivity index (χ4n) is 1.32. The maximum Gasteiger partial charge on any atom is 0.319 e. The molecule has 0 bridgehead atoms. The number of benzene rings is 1. The molecule has 1 unspecified atom stereocenters. The van der Waals surface area contributed by atoms with E-state index in [2.05, 4.69) is 10.1 Å². The summed E-state index contributed by atoms with van der Waals surface area (Å²) in [5, 5.41) is 21.1. The Morgan fingerprint density at radius 3 is 3.05 bits per heavy atom. The predicted molar refractivity (Wildman–Crippen MR) is 67.5 cm³/mol. The van der Waals surface area contributed by atoms with Gasteiger partial charge in [-0.15, -0.1) is 0 Å². The Morgan fingerprint density at radius 2 is 2.37 bits per heavy atom. The van der Waals surface area contributed by atoms with E-state index in [0.29, 0.717) is 11.3 Å². The van der Waals surface area contributed by atoms with Gasteiger partial charge in [0.1, 0.15) is 18.5 Å². The molecule has 0 aromatic heterocycles. The number of aliphatic hydroxyl groups excluding tert-OH is 1. The molecule has 0 fully saturated rings. The van der Waals surface area contributed by atoms with E-state index in [1.807, 2.05) is 6.07 Å². The lowest BCUT2D eigenvalue weighted by Crippen LogP contribution is -2.34. The van der Waals surface area contributed by atoms with Crippen LogP contribution in [0.5, 0.6) is 5.75 Å². The Morgan fingerprint density at radius 1 is 1.58 bits per heavy atom. The van der Waals surface area contributed by atoms with Crippen LogP contribution in [0, 0.1) is 11.3 Å². The predicted octanol–water partition coefficient (Wildman–Crippen LogP) is 0.0606. The summed E-state index contributed by atoms with van der Waals surface area (Å²) in [4.78, 5) is 10.8. The minimum atomic E-state index is -0.754. The van der Waals surface area contributed by atoms with Gasteiger partial charge in [0.05, 0.1) is 25.3 Å². The zero-order chi connectivity index (χ0) is 14.1. The number of hydrogen-bond donors (Lipinski definition) is 2. The zero-order valence-corrected chi connectivity index (χ0v) is 10.6. The molecular weight excluding hydrogens is 248 g/mol. The maximum atomic E-state index is 10.8. The standard InChI is InChI=1S/C13H16N2O4/c1-18-13(17)8-15-7-11(16)9-19-12-4-2-3-10(5-12)6-14/h2-5,11,15-16H,7-9H2,1H3. The van der Waals surface area contributed by atoms with Gasteiger partial charge in [-0.1, -0.05) is 6.07 Å². The van der Waals surface area contributed by atoms with Crippen LogP contribution < -0.4 is 10.1 Å². The number of esters is 1. The highest BCUT2D eigenvalue weighted by Crippen LogP contribution is 2.12. The van der Waals surface area contributed by atoms with Gasteiger partial charge in [0.15, 0.2) is 0 Å². The number of ether oxygens (including phenoxy) is 2. The van der Waals surface area contributed by atoms with Gasteiger partial charge >= 0.3 is 5.97 Å². The van der Waals surface area contributed by atoms with Crippen molar-refractivity contribution in [1.82, 2.24) is 5.32 Å². The van der Waals surface area contributed by atoms with Crippen molar-refractivity contribution in [3.8, 4) is 11.8 Å². The lowest BCUT2D eigenvalue weighted by atomic mass is 10.2. The first-order valence-electron chi connectivity index (χ1n) is 5.74. The molecule has 0 spiro atoms. The molecule has 0 saturated heterocycles. The fraction of sp³-hybridized carbons (Fsp3) is 0.385. The van der Waals surface area contributed by atoms with Crippen LogP contribution in [0.15, 0.2) is 24.3 Å². The van der Waals surface area contributed by atoms with Gasteiger partial charge in [-0.05, 0) is 18.2 Å². The van der Waals surface area contributed by atoms with Gasteiger partial charge in [0.25, 0.3) is 0 Å². The quantitative estimate of drug-likeness (QED) is 0.677. The maximum absolute atomic E-state index is 10.8. The molecule has 6 nitrogen and oxygen atoms in total. The van der Waals surface area contributed by atoms with Crippen LogP contribution in [0.25, 0.3) is 0 Å². The summed E-state index contributed by atoms with van der Waals surface area (Å²) in [6.07, 6.45) is -0.754. The summed E-state index contributed by atoms with van der Waals surface area (Å²) in [5.74, 6) is 0.126. The van der Waals surface area contributed by atoms with Crippen LogP contribution >= 0.6 is 0 Å². The molecule has 6 heteroatoms. The summed E-state index contributed by atoms with van der Waals surface area (Å²) >= 11 is 0. The van der Waals surface area contributed by atoms with E-state index in [9.17, 15) is 9.90 Å². The molecule has 0 amide bonds. The van der Waals surface area contributed by atoms with Crippen LogP contribution in [-0.4, -0.2) is 44.0 Å². The van der Waals surface area contributed by atoms with Crippen molar-refractivity contribution in [2.75, 3.05) is 26.8 Å². The normalized spacial score (nSPS) is 11.4. The second kappa shape index (κ2) is 8.08. The summed E-state index contributed by atoms with van der Waals surface area (Å²) in [6.45, 7) is 0.327. The van der Waals surface area contributed by atoms with Gasteiger partial charge in [0.2, 0.25) is 0 Å². The molecule has 19 heavy (non-hydrogen) atoms. The molecule has 102 valence electrons. The summed E-state index contributed by atoms with van der Waals surface area (Å²) < 4.78 is 9.78. The second-order valence-electron chi connectivity index (χ2n) is 3.81. The minimum absolute atomic E-state index is 0.0392. The molecule has 0 aliphatic rings. The number of nitrogens with one attached hydrogen (secondary N) is 1. The molecule has 1 atom stereocenters. The average molecular weight is 264 g/mol. The third-order valence-corrected chi connectivity index (χ3v) is 2.28. The van der Waals surface area contributed by atoms with Crippen molar-refractivity contribution in [3.05, 3.63) is 29.8 Å². The van der Waals surface area contributed by atoms with Gasteiger partial charge in [-0.2, -0.15) is 5.26 Å². The van der Waals surface area contributed by atoms with E-state index in [4.69, 9.17) is 10.00 Å². The van der Waals surface area contributed by atoms with E-state index >= 15 is 0 Å². The van der Waals surface area contributed by atoms with Gasteiger partial charge in [-0.3, -0.25) is 4.79 Å². The number of nitrogens with zero attached hydrogens (tertiary/aromatic N) is 1. The number of carbonyl (C=O) groups is 1. The smallest absolute Gasteiger partial charge is 0.319 e. The number of hydrogen-bond acceptors (Lipinski definition) is 6. The van der Waals surface area contributed by atoms with Crippen LogP contribution in [0.3, 0.4) is 0 Å². The monoisotopic (exact) mass is 264 g/mol. The summed E-state index contributed by atoms with van der Waals surface area (Å²) in [5.41, 5.74) is 0.496. The number of nitriles is 1. The minimum Gasteiger partial charge on any atom is -0.491 e. The first-order valence-corrected chi connectivity index (χ1v) is 5.74. The molecular formula is C13H16N2O4. The van der Waals surface area contributed by atoms with Crippen LogP contribution in [0.2, 0.25) is 0 Å². The first kappa shape index (κ1) is 15.0. The molecule has 2 N–H and O–H groups in total. The molecule has 1 rings (SSSR count). The first-order chi connectivity index (χ1) is 9.15. The molecule has 0 radical (unpaired) electrons. The highest BCUT2D eigenvalue weighted by atomic mass is 16.5. The lowest BCUT2D eigenvalue weighted by molar-refractivity contribution is -0.139.